The summed E-state index contributed by atoms with van der Waals surface area (Å²) in [6.45, 7) is 6.30. The van der Waals surface area contributed by atoms with Gasteiger partial charge in [0.05, 0.1) is 5.69 Å². The molecule has 0 saturated heterocycles. The van der Waals surface area contributed by atoms with Crippen LogP contribution < -0.4 is 5.32 Å². The molecule has 0 aliphatic rings. The van der Waals surface area contributed by atoms with Gasteiger partial charge in [0.1, 0.15) is 6.26 Å². The van der Waals surface area contributed by atoms with Gasteiger partial charge in [-0.25, -0.2) is 0 Å². The van der Waals surface area contributed by atoms with Crippen LogP contribution in [0.1, 0.15) is 26.5 Å². The first-order chi connectivity index (χ1) is 5.04. The molecule has 1 aromatic rings. The average molecular weight is 154 g/mol. The van der Waals surface area contributed by atoms with E-state index < -0.39 is 0 Å². The van der Waals surface area contributed by atoms with Crippen LogP contribution in [0.25, 0.3) is 0 Å². The van der Waals surface area contributed by atoms with Crippen molar-refractivity contribution in [2.45, 2.75) is 26.2 Å². The molecule has 1 aromatic heterocycles. The normalized spacial score (nSPS) is 11.6. The van der Waals surface area contributed by atoms with Crippen LogP contribution in [0.3, 0.4) is 0 Å². The summed E-state index contributed by atoms with van der Waals surface area (Å²) < 4.78 is 5.12. The molecule has 3 heteroatoms. The Morgan fingerprint density at radius 3 is 2.36 bits per heavy atom. The van der Waals surface area contributed by atoms with Gasteiger partial charge in [-0.15, -0.1) is 0 Å². The van der Waals surface area contributed by atoms with Gasteiger partial charge in [-0.3, -0.25) is 0 Å². The summed E-state index contributed by atoms with van der Waals surface area (Å²) in [5.74, 6) is 0. The Bertz CT molecular complexity index is 234. The molecule has 0 spiro atoms. The zero-order valence-corrected chi connectivity index (χ0v) is 7.43. The second-order valence-corrected chi connectivity index (χ2v) is 3.54. The third-order valence-electron chi connectivity index (χ3n) is 1.49. The van der Waals surface area contributed by atoms with Crippen LogP contribution >= 0.6 is 0 Å². The summed E-state index contributed by atoms with van der Waals surface area (Å²) in [7, 11) is 1.79. The molecule has 3 nitrogen and oxygen atoms in total. The molecule has 0 fully saturated rings. The summed E-state index contributed by atoms with van der Waals surface area (Å²) in [5, 5.41) is 2.84. The van der Waals surface area contributed by atoms with E-state index in [-0.39, 0.29) is 5.41 Å². The van der Waals surface area contributed by atoms with Gasteiger partial charge in [-0.1, -0.05) is 20.8 Å². The zero-order valence-electron chi connectivity index (χ0n) is 7.43. The first-order valence-electron chi connectivity index (χ1n) is 3.68. The van der Waals surface area contributed by atoms with Crippen LogP contribution in [0.15, 0.2) is 10.7 Å². The van der Waals surface area contributed by atoms with Gasteiger partial charge < -0.3 is 9.73 Å². The molecular formula is C8H14N2O. The summed E-state index contributed by atoms with van der Waals surface area (Å²) in [4.78, 5) is 4.22. The molecule has 1 heterocycles. The van der Waals surface area contributed by atoms with Gasteiger partial charge in [0.2, 0.25) is 0 Å². The standard InChI is InChI=1S/C8H14N2O/c1-8(2,3)6-5-11-7(9-4)10-6/h5H,1-4H3,(H,9,10). The van der Waals surface area contributed by atoms with E-state index in [1.54, 1.807) is 13.3 Å². The van der Waals surface area contributed by atoms with Gasteiger partial charge in [0.15, 0.2) is 0 Å². The smallest absolute Gasteiger partial charge is 0.294 e. The minimum Gasteiger partial charge on any atom is -0.432 e. The molecule has 11 heavy (non-hydrogen) atoms. The maximum absolute atomic E-state index is 5.12. The summed E-state index contributed by atoms with van der Waals surface area (Å²) in [5.41, 5.74) is 1.04. The molecular weight excluding hydrogens is 140 g/mol. The number of hydrogen-bond acceptors (Lipinski definition) is 3. The van der Waals surface area contributed by atoms with Gasteiger partial charge in [0, 0.05) is 12.5 Å². The van der Waals surface area contributed by atoms with E-state index in [1.807, 2.05) is 0 Å². The van der Waals surface area contributed by atoms with Crippen molar-refractivity contribution >= 4 is 6.01 Å². The molecule has 0 radical (unpaired) electrons. The van der Waals surface area contributed by atoms with E-state index >= 15 is 0 Å². The Morgan fingerprint density at radius 2 is 2.09 bits per heavy atom. The van der Waals surface area contributed by atoms with Crippen molar-refractivity contribution in [1.82, 2.24) is 4.98 Å². The lowest BCUT2D eigenvalue weighted by atomic mass is 9.93. The van der Waals surface area contributed by atoms with Crippen LogP contribution in [0.4, 0.5) is 6.01 Å². The third-order valence-corrected chi connectivity index (χ3v) is 1.49. The lowest BCUT2D eigenvalue weighted by Gasteiger charge is -2.12. The quantitative estimate of drug-likeness (QED) is 0.672. The number of oxazole rings is 1. The molecule has 0 amide bonds. The highest BCUT2D eigenvalue weighted by Crippen LogP contribution is 2.22. The molecule has 0 atom stereocenters. The van der Waals surface area contributed by atoms with E-state index in [1.165, 1.54) is 0 Å². The topological polar surface area (TPSA) is 38.1 Å². The predicted molar refractivity (Wildman–Crippen MR) is 44.7 cm³/mol. The number of nitrogens with zero attached hydrogens (tertiary/aromatic N) is 1. The summed E-state index contributed by atoms with van der Waals surface area (Å²) in [6, 6.07) is 0.579. The van der Waals surface area contributed by atoms with Crippen molar-refractivity contribution in [3.05, 3.63) is 12.0 Å². The minimum atomic E-state index is 0.0681. The molecule has 62 valence electrons. The fourth-order valence-electron chi connectivity index (χ4n) is 0.733. The average Bonchev–Trinajstić information content (AvgIpc) is 2.32. The number of anilines is 1. The van der Waals surface area contributed by atoms with E-state index in [0.717, 1.165) is 5.69 Å². The largest absolute Gasteiger partial charge is 0.432 e. The Labute approximate surface area is 66.8 Å². The number of hydrogen-bond donors (Lipinski definition) is 1. The number of rotatable bonds is 1. The van der Waals surface area contributed by atoms with E-state index in [4.69, 9.17) is 4.42 Å². The Morgan fingerprint density at radius 1 is 1.45 bits per heavy atom. The number of aromatic nitrogens is 1. The van der Waals surface area contributed by atoms with Crippen LogP contribution in [0.2, 0.25) is 0 Å². The zero-order chi connectivity index (χ0) is 8.48. The van der Waals surface area contributed by atoms with Crippen molar-refractivity contribution < 1.29 is 4.42 Å². The maximum Gasteiger partial charge on any atom is 0.294 e. The lowest BCUT2D eigenvalue weighted by molar-refractivity contribution is 0.544. The molecule has 0 aliphatic carbocycles. The van der Waals surface area contributed by atoms with Gasteiger partial charge in [0.25, 0.3) is 6.01 Å². The molecule has 0 unspecified atom stereocenters. The monoisotopic (exact) mass is 154 g/mol. The fraction of sp³-hybridized carbons (Fsp3) is 0.625. The second-order valence-electron chi connectivity index (χ2n) is 3.54. The van der Waals surface area contributed by atoms with Gasteiger partial charge >= 0.3 is 0 Å². The van der Waals surface area contributed by atoms with Crippen LogP contribution in [-0.2, 0) is 5.41 Å². The first kappa shape index (κ1) is 8.11. The fourth-order valence-corrected chi connectivity index (χ4v) is 0.733. The minimum absolute atomic E-state index is 0.0681. The second kappa shape index (κ2) is 2.57. The lowest BCUT2D eigenvalue weighted by Crippen LogP contribution is -2.11. The van der Waals surface area contributed by atoms with Gasteiger partial charge in [-0.05, 0) is 0 Å². The predicted octanol–water partition coefficient (Wildman–Crippen LogP) is 2.01. The maximum atomic E-state index is 5.12. The molecule has 0 aliphatic heterocycles. The van der Waals surface area contributed by atoms with Crippen LogP contribution in [-0.4, -0.2) is 12.0 Å². The Kier molecular flexibility index (Phi) is 1.89. The molecule has 0 bridgehead atoms. The van der Waals surface area contributed by atoms with Crippen molar-refractivity contribution in [2.24, 2.45) is 0 Å². The molecule has 0 aromatic carbocycles. The first-order valence-corrected chi connectivity index (χ1v) is 3.68. The van der Waals surface area contributed by atoms with E-state index in [0.29, 0.717) is 6.01 Å². The van der Waals surface area contributed by atoms with Crippen LogP contribution in [0.5, 0.6) is 0 Å². The molecule has 1 rings (SSSR count). The van der Waals surface area contributed by atoms with Crippen molar-refractivity contribution in [2.75, 3.05) is 12.4 Å². The summed E-state index contributed by atoms with van der Waals surface area (Å²) in [6.07, 6.45) is 1.69. The number of nitrogens with one attached hydrogen (secondary N) is 1. The van der Waals surface area contributed by atoms with Crippen molar-refractivity contribution in [1.29, 1.82) is 0 Å². The summed E-state index contributed by atoms with van der Waals surface area (Å²) >= 11 is 0. The Balaban J connectivity index is 2.89. The molecule has 0 saturated carbocycles. The highest BCUT2D eigenvalue weighted by atomic mass is 16.4. The molecule has 1 N–H and O–H groups in total. The van der Waals surface area contributed by atoms with E-state index in [2.05, 4.69) is 31.1 Å². The van der Waals surface area contributed by atoms with Gasteiger partial charge in [-0.2, -0.15) is 4.98 Å². The highest BCUT2D eigenvalue weighted by molar-refractivity contribution is 5.22. The van der Waals surface area contributed by atoms with Crippen molar-refractivity contribution in [3.63, 3.8) is 0 Å². The van der Waals surface area contributed by atoms with E-state index in [9.17, 15) is 0 Å². The third kappa shape index (κ3) is 1.73. The Hall–Kier alpha value is -0.990. The van der Waals surface area contributed by atoms with Crippen LogP contribution in [0, 0.1) is 0 Å². The van der Waals surface area contributed by atoms with Crippen molar-refractivity contribution in [3.8, 4) is 0 Å². The SMILES string of the molecule is CNc1nc(C(C)(C)C)co1. The highest BCUT2D eigenvalue weighted by Gasteiger charge is 2.17.